The fourth-order valence-electron chi connectivity index (χ4n) is 3.34. The van der Waals surface area contributed by atoms with Crippen LogP contribution in [0.1, 0.15) is 43.4 Å². The van der Waals surface area contributed by atoms with E-state index in [0.717, 1.165) is 50.6 Å². The van der Waals surface area contributed by atoms with E-state index in [4.69, 9.17) is 0 Å². The minimum atomic E-state index is -0.0120. The molecule has 3 heteroatoms. The normalized spacial score (nSPS) is 19.1. The first kappa shape index (κ1) is 11.7. The van der Waals surface area contributed by atoms with Gasteiger partial charge >= 0.3 is 0 Å². The van der Waals surface area contributed by atoms with E-state index >= 15 is 0 Å². The number of nitrogens with zero attached hydrogens (tertiary/aromatic N) is 1. The average Bonchev–Trinajstić information content (AvgIpc) is 3.02. The van der Waals surface area contributed by atoms with Crippen LogP contribution in [0.3, 0.4) is 0 Å². The number of carbonyl (C=O) groups excluding carboxylic acids is 1. The van der Waals surface area contributed by atoms with E-state index in [1.165, 1.54) is 5.56 Å². The third kappa shape index (κ3) is 2.02. The number of hydrogen-bond donors (Lipinski definition) is 0. The van der Waals surface area contributed by atoms with Crippen molar-refractivity contribution in [3.05, 3.63) is 33.7 Å². The number of carbonyl (C=O) groups is 1. The second kappa shape index (κ2) is 4.71. The highest BCUT2D eigenvalue weighted by Gasteiger charge is 2.24. The monoisotopic (exact) mass is 245 g/mol. The second-order valence-corrected chi connectivity index (χ2v) is 5.53. The molecule has 0 unspecified atom stereocenters. The van der Waals surface area contributed by atoms with Crippen molar-refractivity contribution in [1.29, 1.82) is 0 Å². The van der Waals surface area contributed by atoms with Gasteiger partial charge in [0.25, 0.3) is 5.56 Å². The molecule has 0 spiro atoms. The van der Waals surface area contributed by atoms with E-state index in [0.29, 0.717) is 6.54 Å². The van der Waals surface area contributed by atoms with Crippen LogP contribution in [0.15, 0.2) is 16.9 Å². The second-order valence-electron chi connectivity index (χ2n) is 5.53. The Bertz CT molecular complexity index is 524. The molecular formula is C15H19NO2. The highest BCUT2D eigenvalue weighted by molar-refractivity contribution is 5.81. The topological polar surface area (TPSA) is 39.1 Å². The Morgan fingerprint density at radius 1 is 1.17 bits per heavy atom. The van der Waals surface area contributed by atoms with Crippen molar-refractivity contribution < 1.29 is 4.79 Å². The number of rotatable bonds is 3. The lowest BCUT2D eigenvalue weighted by molar-refractivity contribution is -0.123. The molecule has 3 rings (SSSR count). The van der Waals surface area contributed by atoms with Crippen LogP contribution in [0.2, 0.25) is 0 Å². The number of Topliss-reactive ketones (excluding diaryl/α,β-unsaturated/α-hetero) is 1. The van der Waals surface area contributed by atoms with Crippen molar-refractivity contribution in [3.8, 4) is 0 Å². The Kier molecular flexibility index (Phi) is 3.06. The summed E-state index contributed by atoms with van der Waals surface area (Å²) in [6.07, 6.45) is 7.47. The van der Waals surface area contributed by atoms with Crippen LogP contribution in [-0.2, 0) is 24.2 Å². The molecule has 2 aliphatic rings. The molecule has 1 aromatic heterocycles. The Labute approximate surface area is 107 Å². The van der Waals surface area contributed by atoms with Crippen molar-refractivity contribution in [2.24, 2.45) is 5.92 Å². The largest absolute Gasteiger partial charge is 0.305 e. The lowest BCUT2D eigenvalue weighted by Gasteiger charge is -2.13. The first-order valence-electron chi connectivity index (χ1n) is 7.00. The van der Waals surface area contributed by atoms with Gasteiger partial charge in [0.1, 0.15) is 0 Å². The Morgan fingerprint density at radius 2 is 1.94 bits per heavy atom. The van der Waals surface area contributed by atoms with Crippen LogP contribution in [0.5, 0.6) is 0 Å². The third-order valence-corrected chi connectivity index (χ3v) is 4.37. The number of pyridine rings is 1. The van der Waals surface area contributed by atoms with E-state index in [-0.39, 0.29) is 17.3 Å². The van der Waals surface area contributed by atoms with Gasteiger partial charge in [0.2, 0.25) is 0 Å². The molecule has 1 saturated carbocycles. The fraction of sp³-hybridized carbons (Fsp3) is 0.600. The molecular weight excluding hydrogens is 226 g/mol. The minimum absolute atomic E-state index is 0.0120. The summed E-state index contributed by atoms with van der Waals surface area (Å²) >= 11 is 0. The molecule has 18 heavy (non-hydrogen) atoms. The molecule has 1 heterocycles. The summed E-state index contributed by atoms with van der Waals surface area (Å²) in [5.74, 6) is 0.462. The number of hydrogen-bond acceptors (Lipinski definition) is 2. The van der Waals surface area contributed by atoms with Crippen molar-refractivity contribution >= 4 is 5.78 Å². The number of fused-ring (bicyclic) bond motifs is 1. The predicted molar refractivity (Wildman–Crippen MR) is 69.7 cm³/mol. The first-order valence-corrected chi connectivity index (χ1v) is 7.00. The van der Waals surface area contributed by atoms with E-state index in [2.05, 4.69) is 0 Å². The first-order chi connectivity index (χ1) is 8.75. The zero-order chi connectivity index (χ0) is 12.5. The molecule has 0 aromatic carbocycles. The Hall–Kier alpha value is -1.38. The quantitative estimate of drug-likeness (QED) is 0.818. The standard InChI is InChI=1S/C15H19NO2/c17-14(12-4-1-2-5-12)10-16-13-7-3-6-11(13)8-9-15(16)18/h8-9,12H,1-7,10H2. The molecule has 0 atom stereocenters. The van der Waals surface area contributed by atoms with Crippen LogP contribution >= 0.6 is 0 Å². The fourth-order valence-corrected chi connectivity index (χ4v) is 3.34. The lowest BCUT2D eigenvalue weighted by atomic mass is 10.0. The lowest BCUT2D eigenvalue weighted by Crippen LogP contribution is -2.29. The Balaban J connectivity index is 1.86. The summed E-state index contributed by atoms with van der Waals surface area (Å²) in [6.45, 7) is 0.298. The van der Waals surface area contributed by atoms with Crippen LogP contribution in [0.25, 0.3) is 0 Å². The molecule has 1 fully saturated rings. The third-order valence-electron chi connectivity index (χ3n) is 4.37. The maximum atomic E-state index is 12.2. The van der Waals surface area contributed by atoms with Gasteiger partial charge < -0.3 is 4.57 Å². The molecule has 0 N–H and O–H groups in total. The molecule has 96 valence electrons. The number of ketones is 1. The number of aromatic nitrogens is 1. The highest BCUT2D eigenvalue weighted by Crippen LogP contribution is 2.26. The van der Waals surface area contributed by atoms with Gasteiger partial charge in [-0.15, -0.1) is 0 Å². The Morgan fingerprint density at radius 3 is 2.72 bits per heavy atom. The molecule has 3 nitrogen and oxygen atoms in total. The SMILES string of the molecule is O=C(Cn1c2c(ccc1=O)CCC2)C1CCCC1. The van der Waals surface area contributed by atoms with Gasteiger partial charge in [0.15, 0.2) is 5.78 Å². The van der Waals surface area contributed by atoms with Crippen LogP contribution < -0.4 is 5.56 Å². The van der Waals surface area contributed by atoms with Crippen molar-refractivity contribution in [1.82, 2.24) is 4.57 Å². The summed E-state index contributed by atoms with van der Waals surface area (Å²) in [5, 5.41) is 0. The van der Waals surface area contributed by atoms with Crippen molar-refractivity contribution in [3.63, 3.8) is 0 Å². The summed E-state index contributed by atoms with van der Waals surface area (Å²) in [6, 6.07) is 3.55. The van der Waals surface area contributed by atoms with Gasteiger partial charge in [-0.05, 0) is 37.7 Å². The molecule has 0 saturated heterocycles. The summed E-state index contributed by atoms with van der Waals surface area (Å²) in [5.41, 5.74) is 2.35. The zero-order valence-corrected chi connectivity index (χ0v) is 10.7. The van der Waals surface area contributed by atoms with Gasteiger partial charge in [0.05, 0.1) is 6.54 Å². The van der Waals surface area contributed by atoms with Gasteiger partial charge in [-0.25, -0.2) is 0 Å². The van der Waals surface area contributed by atoms with E-state index in [1.54, 1.807) is 10.6 Å². The van der Waals surface area contributed by atoms with E-state index < -0.39 is 0 Å². The summed E-state index contributed by atoms with van der Waals surface area (Å²) in [4.78, 5) is 24.1. The minimum Gasteiger partial charge on any atom is -0.305 e. The van der Waals surface area contributed by atoms with Crippen molar-refractivity contribution in [2.75, 3.05) is 0 Å². The van der Waals surface area contributed by atoms with Crippen molar-refractivity contribution in [2.45, 2.75) is 51.5 Å². The summed E-state index contributed by atoms with van der Waals surface area (Å²) < 4.78 is 1.73. The maximum absolute atomic E-state index is 12.2. The maximum Gasteiger partial charge on any atom is 0.251 e. The van der Waals surface area contributed by atoms with Crippen LogP contribution in [-0.4, -0.2) is 10.4 Å². The van der Waals surface area contributed by atoms with Crippen LogP contribution in [0, 0.1) is 5.92 Å². The molecule has 0 radical (unpaired) electrons. The molecule has 0 amide bonds. The van der Waals surface area contributed by atoms with Crippen LogP contribution in [0.4, 0.5) is 0 Å². The van der Waals surface area contributed by atoms with Gasteiger partial charge in [-0.3, -0.25) is 9.59 Å². The summed E-state index contributed by atoms with van der Waals surface area (Å²) in [7, 11) is 0. The average molecular weight is 245 g/mol. The van der Waals surface area contributed by atoms with E-state index in [9.17, 15) is 9.59 Å². The molecule has 1 aromatic rings. The van der Waals surface area contributed by atoms with Gasteiger partial charge in [0, 0.05) is 17.7 Å². The van der Waals surface area contributed by atoms with E-state index in [1.807, 2.05) is 6.07 Å². The smallest absolute Gasteiger partial charge is 0.251 e. The highest BCUT2D eigenvalue weighted by atomic mass is 16.1. The molecule has 0 aliphatic heterocycles. The molecule has 2 aliphatic carbocycles. The zero-order valence-electron chi connectivity index (χ0n) is 10.7. The van der Waals surface area contributed by atoms with Gasteiger partial charge in [-0.1, -0.05) is 18.9 Å². The predicted octanol–water partition coefficient (Wildman–Crippen LogP) is 2.10. The number of aryl methyl sites for hydroxylation is 1. The molecule has 0 bridgehead atoms. The van der Waals surface area contributed by atoms with Gasteiger partial charge in [-0.2, -0.15) is 0 Å².